The Morgan fingerprint density at radius 3 is 2.30 bits per heavy atom. The van der Waals surface area contributed by atoms with Gasteiger partial charge in [-0.05, 0) is 37.3 Å². The van der Waals surface area contributed by atoms with Gasteiger partial charge in [0.1, 0.15) is 11.5 Å². The van der Waals surface area contributed by atoms with Crippen molar-refractivity contribution >= 4 is 23.3 Å². The summed E-state index contributed by atoms with van der Waals surface area (Å²) < 4.78 is 15.2. The molecule has 0 saturated heterocycles. The predicted molar refractivity (Wildman–Crippen MR) is 96.1 cm³/mol. The molecule has 2 aromatic carbocycles. The molecule has 0 aliphatic carbocycles. The zero-order chi connectivity index (χ0) is 20.0. The van der Waals surface area contributed by atoms with E-state index in [0.717, 1.165) is 6.07 Å². The maximum Gasteiger partial charge on any atom is 0.338 e. The molecule has 27 heavy (non-hydrogen) atoms. The first-order valence-electron chi connectivity index (χ1n) is 7.84. The third-order valence-electron chi connectivity index (χ3n) is 3.63. The molecule has 0 fully saturated rings. The number of nitro benzene ring substituents is 1. The van der Waals surface area contributed by atoms with Crippen LogP contribution in [0.5, 0.6) is 11.5 Å². The smallest absolute Gasteiger partial charge is 0.338 e. The Bertz CT molecular complexity index is 849. The van der Waals surface area contributed by atoms with E-state index in [2.05, 4.69) is 5.32 Å². The van der Waals surface area contributed by atoms with Gasteiger partial charge in [0.15, 0.2) is 6.10 Å². The van der Waals surface area contributed by atoms with Crippen LogP contribution in [0.2, 0.25) is 0 Å². The van der Waals surface area contributed by atoms with Crippen molar-refractivity contribution in [2.45, 2.75) is 13.0 Å². The van der Waals surface area contributed by atoms with E-state index in [1.165, 1.54) is 45.4 Å². The Kier molecular flexibility index (Phi) is 6.32. The molecule has 0 aromatic heterocycles. The summed E-state index contributed by atoms with van der Waals surface area (Å²) in [5.74, 6) is -0.528. The summed E-state index contributed by atoms with van der Waals surface area (Å²) in [5, 5.41) is 13.4. The molecule has 0 aliphatic rings. The van der Waals surface area contributed by atoms with Crippen LogP contribution in [0.25, 0.3) is 0 Å². The molecule has 2 aromatic rings. The number of methoxy groups -OCH3 is 2. The van der Waals surface area contributed by atoms with Crippen LogP contribution in [0, 0.1) is 10.1 Å². The average Bonchev–Trinajstić information content (AvgIpc) is 2.67. The Balaban J connectivity index is 2.07. The molecule has 0 spiro atoms. The van der Waals surface area contributed by atoms with Gasteiger partial charge in [0.25, 0.3) is 11.6 Å². The maximum absolute atomic E-state index is 12.3. The first kappa shape index (κ1) is 19.7. The lowest BCUT2D eigenvalue weighted by Crippen LogP contribution is -2.30. The molecular weight excluding hydrogens is 356 g/mol. The van der Waals surface area contributed by atoms with Crippen LogP contribution in [0.1, 0.15) is 17.3 Å². The second kappa shape index (κ2) is 8.65. The van der Waals surface area contributed by atoms with Gasteiger partial charge in [0.2, 0.25) is 0 Å². The zero-order valence-electron chi connectivity index (χ0n) is 14.9. The second-order valence-electron chi connectivity index (χ2n) is 5.41. The van der Waals surface area contributed by atoms with Gasteiger partial charge in [-0.25, -0.2) is 4.79 Å². The second-order valence-corrected chi connectivity index (χ2v) is 5.41. The van der Waals surface area contributed by atoms with E-state index in [9.17, 15) is 19.7 Å². The third-order valence-corrected chi connectivity index (χ3v) is 3.63. The summed E-state index contributed by atoms with van der Waals surface area (Å²) in [6.07, 6.45) is -1.14. The quantitative estimate of drug-likeness (QED) is 0.450. The van der Waals surface area contributed by atoms with Crippen LogP contribution >= 0.6 is 0 Å². The number of hydrogen-bond donors (Lipinski definition) is 1. The Labute approximate surface area is 155 Å². The number of nitro groups is 1. The number of esters is 1. The number of amides is 1. The van der Waals surface area contributed by atoms with E-state index in [0.29, 0.717) is 5.75 Å². The molecule has 1 atom stereocenters. The van der Waals surface area contributed by atoms with E-state index >= 15 is 0 Å². The molecule has 9 nitrogen and oxygen atoms in total. The van der Waals surface area contributed by atoms with E-state index in [4.69, 9.17) is 14.2 Å². The summed E-state index contributed by atoms with van der Waals surface area (Å²) in [7, 11) is 2.87. The fourth-order valence-corrected chi connectivity index (χ4v) is 2.15. The first-order valence-corrected chi connectivity index (χ1v) is 7.84. The van der Waals surface area contributed by atoms with Crippen molar-refractivity contribution in [3.8, 4) is 11.5 Å². The summed E-state index contributed by atoms with van der Waals surface area (Å²) in [6.45, 7) is 1.39. The summed E-state index contributed by atoms with van der Waals surface area (Å²) in [6, 6.07) is 9.98. The van der Waals surface area contributed by atoms with Gasteiger partial charge in [-0.2, -0.15) is 0 Å². The monoisotopic (exact) mass is 374 g/mol. The van der Waals surface area contributed by atoms with Gasteiger partial charge >= 0.3 is 5.97 Å². The molecule has 0 aliphatic heterocycles. The fraction of sp³-hybridized carbons (Fsp3) is 0.222. The van der Waals surface area contributed by atoms with Crippen molar-refractivity contribution in [3.05, 3.63) is 58.1 Å². The highest BCUT2D eigenvalue weighted by Gasteiger charge is 2.21. The van der Waals surface area contributed by atoms with Crippen molar-refractivity contribution in [1.82, 2.24) is 0 Å². The maximum atomic E-state index is 12.3. The Hall–Kier alpha value is -3.62. The van der Waals surface area contributed by atoms with Crippen molar-refractivity contribution in [3.63, 3.8) is 0 Å². The number of nitrogens with zero attached hydrogens (tertiary/aromatic N) is 1. The van der Waals surface area contributed by atoms with Gasteiger partial charge in [-0.1, -0.05) is 0 Å². The minimum Gasteiger partial charge on any atom is -0.497 e. The predicted octanol–water partition coefficient (Wildman–Crippen LogP) is 2.80. The molecule has 9 heteroatoms. The van der Waals surface area contributed by atoms with Crippen LogP contribution in [0.4, 0.5) is 11.4 Å². The third kappa shape index (κ3) is 4.94. The van der Waals surface area contributed by atoms with Crippen molar-refractivity contribution < 1.29 is 28.7 Å². The van der Waals surface area contributed by atoms with Crippen LogP contribution in [-0.2, 0) is 9.53 Å². The largest absolute Gasteiger partial charge is 0.497 e. The number of carbonyl (C=O) groups excluding carboxylic acids is 2. The molecule has 1 N–H and O–H groups in total. The van der Waals surface area contributed by atoms with E-state index in [1.54, 1.807) is 12.1 Å². The highest BCUT2D eigenvalue weighted by Crippen LogP contribution is 2.29. The number of ether oxygens (including phenoxy) is 3. The van der Waals surface area contributed by atoms with E-state index in [-0.39, 0.29) is 22.7 Å². The molecule has 0 saturated carbocycles. The highest BCUT2D eigenvalue weighted by atomic mass is 16.6. The van der Waals surface area contributed by atoms with Crippen molar-refractivity contribution in [2.75, 3.05) is 19.5 Å². The van der Waals surface area contributed by atoms with Crippen LogP contribution in [0.3, 0.4) is 0 Å². The molecule has 0 radical (unpaired) electrons. The lowest BCUT2D eigenvalue weighted by Gasteiger charge is -2.15. The fourth-order valence-electron chi connectivity index (χ4n) is 2.15. The number of benzene rings is 2. The lowest BCUT2D eigenvalue weighted by atomic mass is 10.2. The molecule has 0 bridgehead atoms. The molecule has 1 amide bonds. The normalized spacial score (nSPS) is 11.2. The van der Waals surface area contributed by atoms with E-state index in [1.807, 2.05) is 0 Å². The summed E-state index contributed by atoms with van der Waals surface area (Å²) >= 11 is 0. The highest BCUT2D eigenvalue weighted by molar-refractivity contribution is 5.98. The molecule has 2 rings (SSSR count). The minimum atomic E-state index is -1.14. The molecule has 142 valence electrons. The number of anilines is 1. The molecule has 0 heterocycles. The first-order chi connectivity index (χ1) is 12.8. The van der Waals surface area contributed by atoms with Gasteiger partial charge in [-0.3, -0.25) is 14.9 Å². The lowest BCUT2D eigenvalue weighted by molar-refractivity contribution is -0.384. The number of hydrogen-bond acceptors (Lipinski definition) is 7. The van der Waals surface area contributed by atoms with Gasteiger partial charge in [0.05, 0.1) is 30.4 Å². The van der Waals surface area contributed by atoms with Gasteiger partial charge in [-0.15, -0.1) is 0 Å². The summed E-state index contributed by atoms with van der Waals surface area (Å²) in [4.78, 5) is 34.7. The standard InChI is InChI=1S/C18H18N2O7/c1-11(27-18(22)12-4-7-14(25-2)8-5-12)17(21)19-15-10-13(20(23)24)6-9-16(15)26-3/h4-11H,1-3H3,(H,19,21). The van der Waals surface area contributed by atoms with Crippen molar-refractivity contribution in [1.29, 1.82) is 0 Å². The van der Waals surface area contributed by atoms with Crippen LogP contribution in [-0.4, -0.2) is 37.1 Å². The number of nitrogens with one attached hydrogen (secondary N) is 1. The van der Waals surface area contributed by atoms with Gasteiger partial charge in [0, 0.05) is 12.1 Å². The Morgan fingerprint density at radius 1 is 1.07 bits per heavy atom. The SMILES string of the molecule is COc1ccc(C(=O)OC(C)C(=O)Nc2cc([N+](=O)[O-])ccc2OC)cc1. The average molecular weight is 374 g/mol. The summed E-state index contributed by atoms with van der Waals surface area (Å²) in [5.41, 5.74) is 0.140. The number of carbonyl (C=O) groups is 2. The van der Waals surface area contributed by atoms with Crippen LogP contribution < -0.4 is 14.8 Å². The Morgan fingerprint density at radius 2 is 1.74 bits per heavy atom. The number of non-ortho nitro benzene ring substituents is 1. The van der Waals surface area contributed by atoms with Crippen molar-refractivity contribution in [2.24, 2.45) is 0 Å². The minimum absolute atomic E-state index is 0.101. The molecular formula is C18H18N2O7. The van der Waals surface area contributed by atoms with E-state index < -0.39 is 22.9 Å². The van der Waals surface area contributed by atoms with Gasteiger partial charge < -0.3 is 19.5 Å². The topological polar surface area (TPSA) is 117 Å². The number of rotatable bonds is 7. The molecule has 1 unspecified atom stereocenters. The zero-order valence-corrected chi connectivity index (χ0v) is 14.9. The van der Waals surface area contributed by atoms with Crippen LogP contribution in [0.15, 0.2) is 42.5 Å².